The van der Waals surface area contributed by atoms with Gasteiger partial charge in [0.1, 0.15) is 5.75 Å². The van der Waals surface area contributed by atoms with E-state index in [1.54, 1.807) is 19.5 Å². The average Bonchev–Trinajstić information content (AvgIpc) is 2.63. The Morgan fingerprint density at radius 2 is 2.00 bits per heavy atom. The van der Waals surface area contributed by atoms with Crippen molar-refractivity contribution in [1.29, 1.82) is 0 Å². The molecule has 2 aromatic rings. The number of aromatic nitrogens is 2. The molecule has 0 unspecified atom stereocenters. The van der Waals surface area contributed by atoms with E-state index in [0.29, 0.717) is 24.8 Å². The summed E-state index contributed by atoms with van der Waals surface area (Å²) in [6, 6.07) is 5.72. The summed E-state index contributed by atoms with van der Waals surface area (Å²) in [6.45, 7) is 4.88. The second-order valence-corrected chi connectivity index (χ2v) is 5.90. The summed E-state index contributed by atoms with van der Waals surface area (Å²) in [7, 11) is 1.63. The number of benzene rings is 1. The number of carbonyl (C=O) groups excluding carboxylic acids is 1. The molecule has 1 amide bonds. The Bertz CT molecular complexity index is 728. The normalized spacial score (nSPS) is 14.2. The summed E-state index contributed by atoms with van der Waals surface area (Å²) in [5.41, 5.74) is 2.53. The molecule has 1 fully saturated rings. The molecule has 132 valence electrons. The fourth-order valence-corrected chi connectivity index (χ4v) is 2.75. The molecule has 0 aliphatic carbocycles. The smallest absolute Gasteiger partial charge is 0.228 e. The number of anilines is 2. The van der Waals surface area contributed by atoms with Crippen molar-refractivity contribution in [2.45, 2.75) is 13.3 Å². The molecule has 0 spiro atoms. The van der Waals surface area contributed by atoms with Crippen LogP contribution in [0.15, 0.2) is 30.6 Å². The van der Waals surface area contributed by atoms with Crippen molar-refractivity contribution in [3.05, 3.63) is 41.7 Å². The minimum Gasteiger partial charge on any atom is -0.496 e. The Morgan fingerprint density at radius 3 is 2.64 bits per heavy atom. The molecule has 1 aliphatic heterocycles. The van der Waals surface area contributed by atoms with E-state index >= 15 is 0 Å². The van der Waals surface area contributed by atoms with Crippen molar-refractivity contribution in [3.63, 3.8) is 0 Å². The van der Waals surface area contributed by atoms with Gasteiger partial charge < -0.3 is 19.7 Å². The molecule has 0 radical (unpaired) electrons. The Morgan fingerprint density at radius 1 is 1.28 bits per heavy atom. The van der Waals surface area contributed by atoms with Gasteiger partial charge in [0.05, 0.1) is 44.8 Å². The van der Waals surface area contributed by atoms with E-state index in [4.69, 9.17) is 9.47 Å². The number of amides is 1. The average molecular weight is 342 g/mol. The molecular formula is C18H22N4O3. The van der Waals surface area contributed by atoms with Crippen LogP contribution in [-0.2, 0) is 16.0 Å². The molecule has 1 aromatic carbocycles. The van der Waals surface area contributed by atoms with E-state index in [1.807, 2.05) is 25.1 Å². The fourth-order valence-electron chi connectivity index (χ4n) is 2.75. The number of hydrogen-bond donors (Lipinski definition) is 1. The molecule has 1 aromatic heterocycles. The summed E-state index contributed by atoms with van der Waals surface area (Å²) in [6.07, 6.45) is 3.56. The molecule has 0 bridgehead atoms. The summed E-state index contributed by atoms with van der Waals surface area (Å²) in [4.78, 5) is 22.9. The van der Waals surface area contributed by atoms with Crippen LogP contribution < -0.4 is 15.0 Å². The van der Waals surface area contributed by atoms with E-state index in [1.165, 1.54) is 0 Å². The largest absolute Gasteiger partial charge is 0.496 e. The molecular weight excluding hydrogens is 320 g/mol. The molecule has 7 nitrogen and oxygen atoms in total. The summed E-state index contributed by atoms with van der Waals surface area (Å²) < 4.78 is 10.5. The first-order chi connectivity index (χ1) is 12.2. The highest BCUT2D eigenvalue weighted by Gasteiger charge is 2.14. The van der Waals surface area contributed by atoms with Gasteiger partial charge in [0.15, 0.2) is 0 Å². The number of rotatable bonds is 5. The first kappa shape index (κ1) is 17.2. The van der Waals surface area contributed by atoms with E-state index in [0.717, 1.165) is 30.0 Å². The number of ether oxygens (including phenoxy) is 2. The van der Waals surface area contributed by atoms with Crippen LogP contribution in [0.5, 0.6) is 5.75 Å². The zero-order valence-corrected chi connectivity index (χ0v) is 14.5. The number of aryl methyl sites for hydroxylation is 1. The van der Waals surface area contributed by atoms with Crippen LogP contribution in [0.1, 0.15) is 11.1 Å². The maximum Gasteiger partial charge on any atom is 0.228 e. The molecule has 1 N–H and O–H groups in total. The van der Waals surface area contributed by atoms with Crippen LogP contribution in [0, 0.1) is 6.92 Å². The third-order valence-corrected chi connectivity index (χ3v) is 4.04. The topological polar surface area (TPSA) is 76.6 Å². The standard InChI is InChI=1S/C18H22N4O3/c1-13-9-14(3-4-16(13)24-2)10-17(23)21-15-11-19-18(20-12-15)22-5-7-25-8-6-22/h3-4,9,11-12H,5-8,10H2,1-2H3,(H,21,23). The van der Waals surface area contributed by atoms with Gasteiger partial charge in [-0.25, -0.2) is 9.97 Å². The maximum atomic E-state index is 12.2. The first-order valence-electron chi connectivity index (χ1n) is 8.24. The predicted octanol–water partition coefficient (Wildman–Crippen LogP) is 1.81. The molecule has 1 aliphatic rings. The van der Waals surface area contributed by atoms with Gasteiger partial charge in [0.2, 0.25) is 11.9 Å². The van der Waals surface area contributed by atoms with Gasteiger partial charge in [-0.3, -0.25) is 4.79 Å². The summed E-state index contributed by atoms with van der Waals surface area (Å²) in [5.74, 6) is 1.37. The van der Waals surface area contributed by atoms with Gasteiger partial charge in [-0.1, -0.05) is 12.1 Å². The number of nitrogens with one attached hydrogen (secondary N) is 1. The van der Waals surface area contributed by atoms with E-state index in [-0.39, 0.29) is 12.3 Å². The lowest BCUT2D eigenvalue weighted by Crippen LogP contribution is -2.37. The number of morpholine rings is 1. The lowest BCUT2D eigenvalue weighted by Gasteiger charge is -2.26. The highest BCUT2D eigenvalue weighted by Crippen LogP contribution is 2.19. The highest BCUT2D eigenvalue weighted by molar-refractivity contribution is 5.92. The Labute approximate surface area is 147 Å². The summed E-state index contributed by atoms with van der Waals surface area (Å²) >= 11 is 0. The molecule has 3 rings (SSSR count). The number of nitrogens with zero attached hydrogens (tertiary/aromatic N) is 3. The quantitative estimate of drug-likeness (QED) is 0.893. The van der Waals surface area contributed by atoms with Crippen LogP contribution in [0.25, 0.3) is 0 Å². The van der Waals surface area contributed by atoms with Crippen LogP contribution >= 0.6 is 0 Å². The lowest BCUT2D eigenvalue weighted by atomic mass is 10.1. The van der Waals surface area contributed by atoms with E-state index in [2.05, 4.69) is 20.2 Å². The first-order valence-corrected chi connectivity index (χ1v) is 8.24. The van der Waals surface area contributed by atoms with E-state index < -0.39 is 0 Å². The third kappa shape index (κ3) is 4.45. The Kier molecular flexibility index (Phi) is 5.45. The van der Waals surface area contributed by atoms with Crippen molar-refractivity contribution in [2.75, 3.05) is 43.6 Å². The minimum absolute atomic E-state index is 0.104. The monoisotopic (exact) mass is 342 g/mol. The van der Waals surface area contributed by atoms with Gasteiger partial charge in [0, 0.05) is 13.1 Å². The van der Waals surface area contributed by atoms with Crippen molar-refractivity contribution in [1.82, 2.24) is 9.97 Å². The van der Waals surface area contributed by atoms with Crippen molar-refractivity contribution >= 4 is 17.5 Å². The number of methoxy groups -OCH3 is 1. The maximum absolute atomic E-state index is 12.2. The van der Waals surface area contributed by atoms with Gasteiger partial charge in [-0.15, -0.1) is 0 Å². The van der Waals surface area contributed by atoms with Crippen LogP contribution in [0.3, 0.4) is 0 Å². The third-order valence-electron chi connectivity index (χ3n) is 4.04. The molecule has 0 atom stereocenters. The van der Waals surface area contributed by atoms with Crippen LogP contribution in [0.2, 0.25) is 0 Å². The predicted molar refractivity (Wildman–Crippen MR) is 95.1 cm³/mol. The van der Waals surface area contributed by atoms with Crippen LogP contribution in [-0.4, -0.2) is 49.3 Å². The molecule has 7 heteroatoms. The summed E-state index contributed by atoms with van der Waals surface area (Å²) in [5, 5.41) is 2.83. The van der Waals surface area contributed by atoms with Gasteiger partial charge in [-0.2, -0.15) is 0 Å². The Hall–Kier alpha value is -2.67. The molecule has 1 saturated heterocycles. The van der Waals surface area contributed by atoms with Crippen LogP contribution in [0.4, 0.5) is 11.6 Å². The zero-order valence-electron chi connectivity index (χ0n) is 14.5. The lowest BCUT2D eigenvalue weighted by molar-refractivity contribution is -0.115. The van der Waals surface area contributed by atoms with E-state index in [9.17, 15) is 4.79 Å². The van der Waals surface area contributed by atoms with Crippen molar-refractivity contribution in [2.24, 2.45) is 0 Å². The highest BCUT2D eigenvalue weighted by atomic mass is 16.5. The molecule has 25 heavy (non-hydrogen) atoms. The molecule has 0 saturated carbocycles. The van der Waals surface area contributed by atoms with Crippen molar-refractivity contribution < 1.29 is 14.3 Å². The minimum atomic E-state index is -0.104. The van der Waals surface area contributed by atoms with Gasteiger partial charge >= 0.3 is 0 Å². The zero-order chi connectivity index (χ0) is 17.6. The molecule has 2 heterocycles. The SMILES string of the molecule is COc1ccc(CC(=O)Nc2cnc(N3CCOCC3)nc2)cc1C. The fraction of sp³-hybridized carbons (Fsp3) is 0.389. The Balaban J connectivity index is 1.58. The number of hydrogen-bond acceptors (Lipinski definition) is 6. The van der Waals surface area contributed by atoms with Gasteiger partial charge in [-0.05, 0) is 24.1 Å². The van der Waals surface area contributed by atoms with Crippen molar-refractivity contribution in [3.8, 4) is 5.75 Å². The second-order valence-electron chi connectivity index (χ2n) is 5.90. The number of carbonyl (C=O) groups is 1. The second kappa shape index (κ2) is 7.94. The van der Waals surface area contributed by atoms with Gasteiger partial charge in [0.25, 0.3) is 0 Å².